The van der Waals surface area contributed by atoms with Gasteiger partial charge in [0.15, 0.2) is 22.8 Å². The quantitative estimate of drug-likeness (QED) is 0.432. The maximum Gasteiger partial charge on any atom is 0.280 e. The zero-order valence-corrected chi connectivity index (χ0v) is 17.5. The maximum absolute atomic E-state index is 14.3. The van der Waals surface area contributed by atoms with Gasteiger partial charge in [-0.1, -0.05) is 16.8 Å². The van der Waals surface area contributed by atoms with Crippen molar-refractivity contribution in [2.75, 3.05) is 18.0 Å². The van der Waals surface area contributed by atoms with E-state index in [-0.39, 0.29) is 40.6 Å². The molecule has 9 nitrogen and oxygen atoms in total. The van der Waals surface area contributed by atoms with Crippen LogP contribution in [-0.2, 0) is 13.6 Å². The topological polar surface area (TPSA) is 94.9 Å². The summed E-state index contributed by atoms with van der Waals surface area (Å²) in [6, 6.07) is 2.39. The van der Waals surface area contributed by atoms with Crippen molar-refractivity contribution >= 4 is 28.5 Å². The number of nitrogens with zero attached hydrogens (tertiary/aromatic N) is 7. The minimum absolute atomic E-state index is 0.0588. The second-order valence-electron chi connectivity index (χ2n) is 8.20. The third-order valence-electron chi connectivity index (χ3n) is 6.32. The Labute approximate surface area is 184 Å². The van der Waals surface area contributed by atoms with Crippen LogP contribution in [0.5, 0.6) is 0 Å². The number of piperidine rings is 1. The van der Waals surface area contributed by atoms with Crippen LogP contribution in [0.1, 0.15) is 17.6 Å². The molecule has 0 amide bonds. The van der Waals surface area contributed by atoms with Gasteiger partial charge >= 0.3 is 0 Å². The summed E-state index contributed by atoms with van der Waals surface area (Å²) in [5, 5.41) is 3.97. The van der Waals surface area contributed by atoms with E-state index in [0.717, 1.165) is 0 Å². The largest absolute Gasteiger partial charge is 0.366 e. The zero-order valence-electron chi connectivity index (χ0n) is 16.7. The lowest BCUT2D eigenvalue weighted by molar-refractivity contribution is 0.363. The Morgan fingerprint density at radius 3 is 2.72 bits per heavy atom. The smallest absolute Gasteiger partial charge is 0.280 e. The van der Waals surface area contributed by atoms with E-state index >= 15 is 0 Å². The molecule has 12 heteroatoms. The number of hydrogen-bond acceptors (Lipinski definition) is 7. The molecule has 4 aromatic rings. The average Bonchev–Trinajstić information content (AvgIpc) is 3.18. The highest BCUT2D eigenvalue weighted by Crippen LogP contribution is 2.58. The van der Waals surface area contributed by atoms with Crippen LogP contribution in [0.4, 0.5) is 14.5 Å². The summed E-state index contributed by atoms with van der Waals surface area (Å²) in [6.07, 6.45) is 2.93. The lowest BCUT2D eigenvalue weighted by Gasteiger charge is -2.22. The predicted octanol–water partition coefficient (Wildman–Crippen LogP) is 2.34. The fraction of sp³-hybridized carbons (Fsp3) is 0.350. The van der Waals surface area contributed by atoms with Gasteiger partial charge in [-0.15, -0.1) is 0 Å². The van der Waals surface area contributed by atoms with E-state index in [1.165, 1.54) is 29.4 Å². The second kappa shape index (κ2) is 6.83. The molecule has 4 heterocycles. The van der Waals surface area contributed by atoms with Crippen LogP contribution in [0.2, 0.25) is 5.02 Å². The van der Waals surface area contributed by atoms with Crippen molar-refractivity contribution in [3.63, 3.8) is 0 Å². The molecule has 1 saturated carbocycles. The molecule has 0 radical (unpaired) electrons. The summed E-state index contributed by atoms with van der Waals surface area (Å²) < 4.78 is 36.9. The van der Waals surface area contributed by atoms with E-state index in [2.05, 4.69) is 20.1 Å². The lowest BCUT2D eigenvalue weighted by atomic mass is 10.2. The molecule has 2 fully saturated rings. The Morgan fingerprint density at radius 1 is 1.19 bits per heavy atom. The van der Waals surface area contributed by atoms with Crippen molar-refractivity contribution in [1.29, 1.82) is 0 Å². The fourth-order valence-corrected chi connectivity index (χ4v) is 4.85. The van der Waals surface area contributed by atoms with Gasteiger partial charge in [0.05, 0.1) is 11.3 Å². The Hall–Kier alpha value is -3.34. The van der Waals surface area contributed by atoms with E-state index in [9.17, 15) is 13.6 Å². The van der Waals surface area contributed by atoms with Gasteiger partial charge in [0.2, 0.25) is 5.89 Å². The number of hydrogen-bond donors (Lipinski definition) is 0. The van der Waals surface area contributed by atoms with E-state index in [0.29, 0.717) is 36.0 Å². The first-order valence-corrected chi connectivity index (χ1v) is 10.4. The zero-order chi connectivity index (χ0) is 22.1. The Balaban J connectivity index is 1.18. The minimum Gasteiger partial charge on any atom is -0.366 e. The summed E-state index contributed by atoms with van der Waals surface area (Å²) in [5.74, 6) is -0.124. The predicted molar refractivity (Wildman–Crippen MR) is 109 cm³/mol. The first-order valence-electron chi connectivity index (χ1n) is 9.99. The number of imidazole rings is 1. The third kappa shape index (κ3) is 2.84. The number of rotatable bonds is 4. The number of halogens is 3. The van der Waals surface area contributed by atoms with Crippen LogP contribution < -0.4 is 10.5 Å². The van der Waals surface area contributed by atoms with E-state index < -0.39 is 11.6 Å². The fourth-order valence-electron chi connectivity index (χ4n) is 4.70. The summed E-state index contributed by atoms with van der Waals surface area (Å²) in [6.45, 7) is 1.05. The summed E-state index contributed by atoms with van der Waals surface area (Å²) in [5.41, 5.74) is 0.432. The molecule has 0 bridgehead atoms. The molecule has 1 aromatic carbocycles. The van der Waals surface area contributed by atoms with Crippen molar-refractivity contribution < 1.29 is 13.3 Å². The van der Waals surface area contributed by atoms with Gasteiger partial charge in [-0.05, 0) is 24.0 Å². The second-order valence-corrected chi connectivity index (χ2v) is 8.61. The first kappa shape index (κ1) is 19.4. The number of aryl methyl sites for hydroxylation is 1. The monoisotopic (exact) mass is 459 g/mol. The number of fused-ring (bicyclic) bond motifs is 2. The molecule has 1 aliphatic heterocycles. The van der Waals surface area contributed by atoms with Gasteiger partial charge in [-0.3, -0.25) is 9.36 Å². The standard InChI is InChI=1S/C20H16ClF2N7O2/c1-28-7-24-19-17(28)20(31)30(8-25-19)6-13-26-18(27-32-13)14-9-4-29(5-10(9)14)16-12(22)3-2-11(21)15(16)23/h2-3,7-10,14H,4-6H2,1H3/t9-,10+,14+. The summed E-state index contributed by atoms with van der Waals surface area (Å²) >= 11 is 5.82. The van der Waals surface area contributed by atoms with Crippen molar-refractivity contribution in [3.05, 3.63) is 63.5 Å². The highest BCUT2D eigenvalue weighted by Gasteiger charge is 2.59. The van der Waals surface area contributed by atoms with Crippen LogP contribution >= 0.6 is 11.6 Å². The number of anilines is 1. The van der Waals surface area contributed by atoms with Crippen LogP contribution in [0.3, 0.4) is 0 Å². The maximum atomic E-state index is 14.3. The van der Waals surface area contributed by atoms with Crippen molar-refractivity contribution in [1.82, 2.24) is 29.2 Å². The number of aromatic nitrogens is 6. The lowest BCUT2D eigenvalue weighted by Crippen LogP contribution is -2.26. The molecule has 6 rings (SSSR count). The molecule has 0 N–H and O–H groups in total. The Kier molecular flexibility index (Phi) is 4.13. The van der Waals surface area contributed by atoms with Gasteiger partial charge in [0, 0.05) is 26.1 Å². The molecule has 0 unspecified atom stereocenters. The molecule has 0 spiro atoms. The van der Waals surface area contributed by atoms with E-state index in [1.54, 1.807) is 16.5 Å². The van der Waals surface area contributed by atoms with Crippen molar-refractivity contribution in [2.45, 2.75) is 12.5 Å². The average molecular weight is 460 g/mol. The van der Waals surface area contributed by atoms with Crippen LogP contribution in [0.15, 0.2) is 34.1 Å². The first-order chi connectivity index (χ1) is 15.4. The van der Waals surface area contributed by atoms with Gasteiger partial charge in [-0.25, -0.2) is 18.7 Å². The van der Waals surface area contributed by atoms with Crippen molar-refractivity contribution in [3.8, 4) is 0 Å². The van der Waals surface area contributed by atoms with E-state index in [4.69, 9.17) is 16.1 Å². The molecule has 164 valence electrons. The Bertz CT molecular complexity index is 1420. The third-order valence-corrected chi connectivity index (χ3v) is 6.61. The highest BCUT2D eigenvalue weighted by molar-refractivity contribution is 6.31. The molecule has 1 aliphatic carbocycles. The molecule has 3 aromatic heterocycles. The van der Waals surface area contributed by atoms with Crippen molar-refractivity contribution in [2.24, 2.45) is 18.9 Å². The summed E-state index contributed by atoms with van der Waals surface area (Å²) in [4.78, 5) is 27.1. The summed E-state index contributed by atoms with van der Waals surface area (Å²) in [7, 11) is 1.73. The van der Waals surface area contributed by atoms with Gasteiger partial charge in [0.1, 0.15) is 24.4 Å². The van der Waals surface area contributed by atoms with Gasteiger partial charge in [0.25, 0.3) is 5.56 Å². The number of benzene rings is 1. The Morgan fingerprint density at radius 2 is 1.94 bits per heavy atom. The van der Waals surface area contributed by atoms with Crippen LogP contribution in [0.25, 0.3) is 11.2 Å². The van der Waals surface area contributed by atoms with Gasteiger partial charge < -0.3 is 14.0 Å². The molecule has 1 saturated heterocycles. The normalized spacial score (nSPS) is 22.0. The van der Waals surface area contributed by atoms with Gasteiger partial charge in [-0.2, -0.15) is 4.98 Å². The molecule has 32 heavy (non-hydrogen) atoms. The highest BCUT2D eigenvalue weighted by atomic mass is 35.5. The van der Waals surface area contributed by atoms with E-state index in [1.807, 2.05) is 0 Å². The van der Waals surface area contributed by atoms with Crippen LogP contribution in [0, 0.1) is 23.5 Å². The minimum atomic E-state index is -0.740. The SMILES string of the molecule is Cn1cnc2ncn(Cc3nc([C@H]4[C@@H]5CN(c6c(F)ccc(Cl)c6F)C[C@@H]54)no3)c(=O)c21. The molecular weight excluding hydrogens is 444 g/mol. The molecule has 2 aliphatic rings. The van der Waals surface area contributed by atoms with Crippen LogP contribution in [-0.4, -0.2) is 42.3 Å². The molecular formula is C20H16ClF2N7O2. The molecule has 3 atom stereocenters.